The standard InChI is InChI=1S/C30H31N2.C13H24O2.Ir/c1-19(2)14-23-11-12-25-26-17-29(31-18-21(26)10-13-28(25)32-23)22-15-20-8-6-7-9-24(20)27(16-22)30(3,4)5;1-5-10(6-2)12(14)9-13(15)11(7-3)8-4;/h6-9,11-12,16-19H,10,13-14H2,1-5H3;9-11,14H,5-8H2,1-4H3;/q-1;;/b;12-9-;. The second kappa shape index (κ2) is 17.5. The number of ketones is 1. The second-order valence-corrected chi connectivity index (χ2v) is 14.5. The van der Waals surface area contributed by atoms with Gasteiger partial charge in [0.15, 0.2) is 5.78 Å². The number of pyridine rings is 2. The van der Waals surface area contributed by atoms with E-state index < -0.39 is 0 Å². The maximum absolute atomic E-state index is 11.7. The van der Waals surface area contributed by atoms with E-state index in [4.69, 9.17) is 9.97 Å². The van der Waals surface area contributed by atoms with Crippen molar-refractivity contribution in [3.8, 4) is 22.4 Å². The van der Waals surface area contributed by atoms with Crippen molar-refractivity contribution >= 4 is 16.6 Å². The summed E-state index contributed by atoms with van der Waals surface area (Å²) in [6.45, 7) is 19.4. The minimum absolute atomic E-state index is 0. The summed E-state index contributed by atoms with van der Waals surface area (Å²) in [5.41, 5.74) is 9.71. The molecule has 0 fully saturated rings. The molecule has 0 bridgehead atoms. The zero-order chi connectivity index (χ0) is 34.3. The van der Waals surface area contributed by atoms with E-state index in [9.17, 15) is 9.90 Å². The summed E-state index contributed by atoms with van der Waals surface area (Å²) in [6.07, 6.45) is 10.00. The Hall–Kier alpha value is -3.14. The number of aliphatic hydroxyl groups excluding tert-OH is 1. The van der Waals surface area contributed by atoms with Crippen LogP contribution in [0.25, 0.3) is 33.2 Å². The van der Waals surface area contributed by atoms with Gasteiger partial charge >= 0.3 is 0 Å². The zero-order valence-electron chi connectivity index (χ0n) is 30.5. The van der Waals surface area contributed by atoms with Gasteiger partial charge in [0.25, 0.3) is 0 Å². The number of hydrogen-bond donors (Lipinski definition) is 1. The van der Waals surface area contributed by atoms with E-state index in [1.807, 2.05) is 27.7 Å². The third-order valence-corrected chi connectivity index (χ3v) is 9.50. The Morgan fingerprint density at radius 3 is 2.21 bits per heavy atom. The number of carbonyl (C=O) groups excluding carboxylic acids is 1. The molecular formula is C43H55IrN2O2-. The Kier molecular flexibility index (Phi) is 14.3. The number of nitrogens with zero attached hydrogens (tertiary/aromatic N) is 2. The maximum Gasteiger partial charge on any atom is 0.162 e. The molecule has 4 nitrogen and oxygen atoms in total. The van der Waals surface area contributed by atoms with Gasteiger partial charge in [-0.05, 0) is 73.5 Å². The minimum Gasteiger partial charge on any atom is -0.512 e. The van der Waals surface area contributed by atoms with E-state index in [0.29, 0.717) is 5.92 Å². The third-order valence-electron chi connectivity index (χ3n) is 9.50. The SMILES string of the molecule is CC(C)Cc1ccc2c(n1)CCc1cnc(-c3[c-]c4ccccc4c(C(C)(C)C)c3)cc1-2.CCC(CC)C(=O)/C=C(\O)C(CC)CC.[Ir]. The van der Waals surface area contributed by atoms with E-state index in [-0.39, 0.29) is 48.9 Å². The molecule has 0 amide bonds. The van der Waals surface area contributed by atoms with Crippen molar-refractivity contribution in [1.82, 2.24) is 9.97 Å². The van der Waals surface area contributed by atoms with Gasteiger partial charge < -0.3 is 5.11 Å². The van der Waals surface area contributed by atoms with Gasteiger partial charge in [-0.15, -0.1) is 29.1 Å². The van der Waals surface area contributed by atoms with Crippen LogP contribution in [-0.4, -0.2) is 20.9 Å². The van der Waals surface area contributed by atoms with E-state index in [1.165, 1.54) is 45.1 Å². The van der Waals surface area contributed by atoms with E-state index in [2.05, 4.69) is 95.4 Å². The van der Waals surface area contributed by atoms with Crippen LogP contribution in [-0.2, 0) is 49.6 Å². The van der Waals surface area contributed by atoms with Crippen molar-refractivity contribution in [3.63, 3.8) is 0 Å². The number of benzene rings is 2. The van der Waals surface area contributed by atoms with E-state index in [0.717, 1.165) is 61.6 Å². The van der Waals surface area contributed by atoms with Crippen LogP contribution in [0, 0.1) is 23.8 Å². The molecule has 0 saturated carbocycles. The van der Waals surface area contributed by atoms with Crippen LogP contribution in [0.3, 0.4) is 0 Å². The first-order chi connectivity index (χ1) is 22.4. The predicted molar refractivity (Wildman–Crippen MR) is 198 cm³/mol. The normalized spacial score (nSPS) is 12.8. The molecule has 0 saturated heterocycles. The van der Waals surface area contributed by atoms with Crippen molar-refractivity contribution < 1.29 is 30.0 Å². The molecule has 1 aliphatic rings. The van der Waals surface area contributed by atoms with Gasteiger partial charge in [-0.1, -0.05) is 104 Å². The number of allylic oxidation sites excluding steroid dienone is 2. The monoisotopic (exact) mass is 824 g/mol. The van der Waals surface area contributed by atoms with Gasteiger partial charge in [0.1, 0.15) is 0 Å². The minimum atomic E-state index is 0. The maximum atomic E-state index is 11.7. The van der Waals surface area contributed by atoms with Crippen molar-refractivity contribution in [3.05, 3.63) is 95.1 Å². The van der Waals surface area contributed by atoms with Crippen LogP contribution in [0.5, 0.6) is 0 Å². The van der Waals surface area contributed by atoms with Crippen LogP contribution in [0.2, 0.25) is 0 Å². The number of aryl methyl sites for hydroxylation is 2. The molecule has 48 heavy (non-hydrogen) atoms. The molecule has 2 aromatic heterocycles. The van der Waals surface area contributed by atoms with Crippen molar-refractivity contribution in [2.24, 2.45) is 17.8 Å². The van der Waals surface area contributed by atoms with Gasteiger partial charge in [0.2, 0.25) is 0 Å². The van der Waals surface area contributed by atoms with Gasteiger partial charge in [-0.25, -0.2) is 0 Å². The Balaban J connectivity index is 0.000000334. The van der Waals surface area contributed by atoms with Crippen LogP contribution in [0.15, 0.2) is 66.6 Å². The van der Waals surface area contributed by atoms with Crippen molar-refractivity contribution in [2.45, 2.75) is 113 Å². The number of fused-ring (bicyclic) bond motifs is 4. The Morgan fingerprint density at radius 2 is 1.58 bits per heavy atom. The summed E-state index contributed by atoms with van der Waals surface area (Å²) in [5, 5.41) is 12.2. The molecule has 4 aromatic rings. The molecule has 2 aromatic carbocycles. The first kappa shape index (κ1) is 39.3. The zero-order valence-corrected chi connectivity index (χ0v) is 32.9. The number of hydrogen-bond acceptors (Lipinski definition) is 4. The van der Waals surface area contributed by atoms with E-state index in [1.54, 1.807) is 0 Å². The Bertz CT molecular complexity index is 1710. The number of carbonyl (C=O) groups is 1. The summed E-state index contributed by atoms with van der Waals surface area (Å²) in [7, 11) is 0. The van der Waals surface area contributed by atoms with Crippen molar-refractivity contribution in [2.75, 3.05) is 0 Å². The fraction of sp³-hybridized carbons (Fsp3) is 0.465. The van der Waals surface area contributed by atoms with Crippen LogP contribution in [0.4, 0.5) is 0 Å². The van der Waals surface area contributed by atoms with Crippen LogP contribution >= 0.6 is 0 Å². The molecule has 1 N–H and O–H groups in total. The molecule has 0 atom stereocenters. The molecule has 2 heterocycles. The summed E-state index contributed by atoms with van der Waals surface area (Å²) < 4.78 is 0. The Morgan fingerprint density at radius 1 is 0.917 bits per heavy atom. The number of rotatable bonds is 10. The summed E-state index contributed by atoms with van der Waals surface area (Å²) in [4.78, 5) is 21.6. The fourth-order valence-electron chi connectivity index (χ4n) is 6.62. The largest absolute Gasteiger partial charge is 0.512 e. The second-order valence-electron chi connectivity index (χ2n) is 14.5. The molecule has 0 unspecified atom stereocenters. The molecule has 5 heteroatoms. The van der Waals surface area contributed by atoms with Gasteiger partial charge in [-0.2, -0.15) is 0 Å². The molecule has 5 rings (SSSR count). The van der Waals surface area contributed by atoms with Gasteiger partial charge in [0, 0.05) is 66.9 Å². The molecule has 0 aliphatic heterocycles. The van der Waals surface area contributed by atoms with Gasteiger partial charge in [-0.3, -0.25) is 14.8 Å². The predicted octanol–water partition coefficient (Wildman–Crippen LogP) is 11.2. The molecular weight excluding hydrogens is 769 g/mol. The smallest absolute Gasteiger partial charge is 0.162 e. The molecule has 259 valence electrons. The van der Waals surface area contributed by atoms with Gasteiger partial charge in [0.05, 0.1) is 5.76 Å². The number of aliphatic hydroxyl groups is 1. The topological polar surface area (TPSA) is 63.1 Å². The fourth-order valence-corrected chi connectivity index (χ4v) is 6.62. The van der Waals surface area contributed by atoms with Crippen LogP contribution in [0.1, 0.15) is 111 Å². The molecule has 0 spiro atoms. The average molecular weight is 824 g/mol. The third kappa shape index (κ3) is 9.51. The molecule has 1 radical (unpaired) electrons. The molecule has 1 aliphatic carbocycles. The summed E-state index contributed by atoms with van der Waals surface area (Å²) in [6, 6.07) is 21.2. The Labute approximate surface area is 303 Å². The van der Waals surface area contributed by atoms with E-state index >= 15 is 0 Å². The summed E-state index contributed by atoms with van der Waals surface area (Å²) >= 11 is 0. The average Bonchev–Trinajstić information content (AvgIpc) is 3.04. The first-order valence-corrected chi connectivity index (χ1v) is 17.8. The summed E-state index contributed by atoms with van der Waals surface area (Å²) in [5.74, 6) is 1.17. The quantitative estimate of drug-likeness (QED) is 0.0983. The van der Waals surface area contributed by atoms with Crippen molar-refractivity contribution in [1.29, 1.82) is 0 Å². The van der Waals surface area contributed by atoms with Crippen LogP contribution < -0.4 is 0 Å². The number of aromatic nitrogens is 2. The first-order valence-electron chi connectivity index (χ1n) is 17.8.